The van der Waals surface area contributed by atoms with Gasteiger partial charge in [0, 0.05) is 5.33 Å². The van der Waals surface area contributed by atoms with E-state index in [0.717, 1.165) is 5.33 Å². The van der Waals surface area contributed by atoms with Crippen molar-refractivity contribution in [2.24, 2.45) is 0 Å². The Morgan fingerprint density at radius 2 is 2.11 bits per heavy atom. The van der Waals surface area contributed by atoms with Crippen molar-refractivity contribution >= 4 is 34.3 Å². The van der Waals surface area contributed by atoms with Crippen molar-refractivity contribution < 1.29 is 9.90 Å². The smallest absolute Gasteiger partial charge is 0.307 e. The van der Waals surface area contributed by atoms with Crippen molar-refractivity contribution in [1.82, 2.24) is 0 Å². The van der Waals surface area contributed by atoms with Crippen molar-refractivity contribution in [1.29, 1.82) is 0 Å². The van der Waals surface area contributed by atoms with E-state index in [9.17, 15) is 4.79 Å². The summed E-state index contributed by atoms with van der Waals surface area (Å²) in [5.41, 5.74) is 0. The predicted octanol–water partition coefficient (Wildman–Crippen LogP) is 1.83. The number of carboxylic acids is 1. The zero-order valence-electron chi connectivity index (χ0n) is 4.71. The molecule has 0 saturated heterocycles. The number of aliphatic carboxylic acids is 1. The van der Waals surface area contributed by atoms with Crippen molar-refractivity contribution in [3.05, 3.63) is 12.2 Å². The van der Waals surface area contributed by atoms with Crippen LogP contribution in [0.4, 0.5) is 0 Å². The molecular formula is C5H8BrClO2. The van der Waals surface area contributed by atoms with Gasteiger partial charge in [-0.05, 0) is 0 Å². The second kappa shape index (κ2) is 7.98. The van der Waals surface area contributed by atoms with Crippen LogP contribution in [-0.4, -0.2) is 16.4 Å². The Hall–Kier alpha value is -0.0200. The molecule has 0 heterocycles. The molecule has 0 spiro atoms. The van der Waals surface area contributed by atoms with E-state index in [1.807, 2.05) is 0 Å². The molecule has 0 aliphatic carbocycles. The van der Waals surface area contributed by atoms with Crippen LogP contribution in [0.2, 0.25) is 0 Å². The Morgan fingerprint density at radius 3 is 2.44 bits per heavy atom. The van der Waals surface area contributed by atoms with Gasteiger partial charge in [0.2, 0.25) is 0 Å². The molecule has 0 radical (unpaired) electrons. The highest BCUT2D eigenvalue weighted by atomic mass is 79.9. The summed E-state index contributed by atoms with van der Waals surface area (Å²) < 4.78 is 0. The molecule has 0 fully saturated rings. The lowest BCUT2D eigenvalue weighted by Crippen LogP contribution is -1.89. The van der Waals surface area contributed by atoms with Crippen molar-refractivity contribution in [3.8, 4) is 0 Å². The van der Waals surface area contributed by atoms with Crippen molar-refractivity contribution in [3.63, 3.8) is 0 Å². The largest absolute Gasteiger partial charge is 0.481 e. The molecule has 0 aliphatic rings. The van der Waals surface area contributed by atoms with Crippen LogP contribution in [0.1, 0.15) is 6.42 Å². The first-order valence-electron chi connectivity index (χ1n) is 2.20. The second-order valence-electron chi connectivity index (χ2n) is 1.22. The molecule has 0 aromatic carbocycles. The summed E-state index contributed by atoms with van der Waals surface area (Å²) in [4.78, 5) is 9.81. The maximum Gasteiger partial charge on any atom is 0.307 e. The maximum absolute atomic E-state index is 9.81. The van der Waals surface area contributed by atoms with Crippen LogP contribution in [0.5, 0.6) is 0 Å². The highest BCUT2D eigenvalue weighted by molar-refractivity contribution is 9.09. The lowest BCUT2D eigenvalue weighted by Gasteiger charge is -1.79. The topological polar surface area (TPSA) is 37.3 Å². The van der Waals surface area contributed by atoms with Crippen LogP contribution in [0.25, 0.3) is 0 Å². The first-order chi connectivity index (χ1) is 3.77. The van der Waals surface area contributed by atoms with E-state index in [2.05, 4.69) is 15.9 Å². The summed E-state index contributed by atoms with van der Waals surface area (Å²) in [6, 6.07) is 0. The summed E-state index contributed by atoms with van der Waals surface area (Å²) in [6.45, 7) is 0. The van der Waals surface area contributed by atoms with Gasteiger partial charge < -0.3 is 5.11 Å². The number of halogens is 2. The quantitative estimate of drug-likeness (QED) is 0.576. The summed E-state index contributed by atoms with van der Waals surface area (Å²) >= 11 is 3.12. The minimum atomic E-state index is -0.790. The average Bonchev–Trinajstić information content (AvgIpc) is 1.66. The van der Waals surface area contributed by atoms with Gasteiger partial charge >= 0.3 is 5.97 Å². The number of allylic oxidation sites excluding steroid dienone is 1. The molecule has 2 nitrogen and oxygen atoms in total. The number of carboxylic acid groups (broad SMARTS) is 1. The van der Waals surface area contributed by atoms with Gasteiger partial charge in [-0.3, -0.25) is 4.79 Å². The van der Waals surface area contributed by atoms with E-state index in [4.69, 9.17) is 5.11 Å². The SMILES string of the molecule is Cl.O=C(O)C/C=C/CBr. The Labute approximate surface area is 68.5 Å². The Bertz CT molecular complexity index is 103. The minimum absolute atomic E-state index is 0. The summed E-state index contributed by atoms with van der Waals surface area (Å²) in [5, 5.41) is 8.80. The molecule has 1 N–H and O–H groups in total. The Kier molecular flexibility index (Phi) is 10.4. The summed E-state index contributed by atoms with van der Waals surface area (Å²) in [6.07, 6.45) is 3.48. The van der Waals surface area contributed by atoms with E-state index in [1.54, 1.807) is 12.2 Å². The van der Waals surface area contributed by atoms with Gasteiger partial charge in [-0.2, -0.15) is 0 Å². The Balaban J connectivity index is 0. The fourth-order valence-electron chi connectivity index (χ4n) is 0.247. The molecule has 0 aromatic heterocycles. The molecule has 54 valence electrons. The van der Waals surface area contributed by atoms with E-state index >= 15 is 0 Å². The molecule has 0 rings (SSSR count). The molecule has 0 amide bonds. The first kappa shape index (κ1) is 11.7. The van der Waals surface area contributed by atoms with E-state index in [1.165, 1.54) is 0 Å². The van der Waals surface area contributed by atoms with Gasteiger partial charge in [0.15, 0.2) is 0 Å². The van der Waals surface area contributed by atoms with Crippen molar-refractivity contribution in [2.75, 3.05) is 5.33 Å². The van der Waals surface area contributed by atoms with E-state index in [-0.39, 0.29) is 18.8 Å². The van der Waals surface area contributed by atoms with Gasteiger partial charge in [0.1, 0.15) is 0 Å². The Morgan fingerprint density at radius 1 is 1.56 bits per heavy atom. The number of hydrogen-bond donors (Lipinski definition) is 1. The highest BCUT2D eigenvalue weighted by Crippen LogP contribution is 1.85. The summed E-state index contributed by atoms with van der Waals surface area (Å²) in [5.74, 6) is -0.790. The average molecular weight is 215 g/mol. The van der Waals surface area contributed by atoms with Crippen LogP contribution in [0, 0.1) is 0 Å². The van der Waals surface area contributed by atoms with Gasteiger partial charge in [-0.25, -0.2) is 0 Å². The molecule has 0 atom stereocenters. The normalized spacial score (nSPS) is 9.00. The molecule has 0 saturated carbocycles. The highest BCUT2D eigenvalue weighted by Gasteiger charge is 1.86. The number of alkyl halides is 1. The van der Waals surface area contributed by atoms with Gasteiger partial charge in [-0.1, -0.05) is 28.1 Å². The third kappa shape index (κ3) is 11.5. The van der Waals surface area contributed by atoms with E-state index < -0.39 is 5.97 Å². The van der Waals surface area contributed by atoms with Crippen LogP contribution in [0.3, 0.4) is 0 Å². The fourth-order valence-corrected chi connectivity index (χ4v) is 0.511. The van der Waals surface area contributed by atoms with Crippen LogP contribution in [0.15, 0.2) is 12.2 Å². The number of carbonyl (C=O) groups is 1. The third-order valence-electron chi connectivity index (χ3n) is 0.548. The van der Waals surface area contributed by atoms with Crippen molar-refractivity contribution in [2.45, 2.75) is 6.42 Å². The minimum Gasteiger partial charge on any atom is -0.481 e. The van der Waals surface area contributed by atoms with Gasteiger partial charge in [0.05, 0.1) is 6.42 Å². The monoisotopic (exact) mass is 214 g/mol. The van der Waals surface area contributed by atoms with Crippen LogP contribution < -0.4 is 0 Å². The summed E-state index contributed by atoms with van der Waals surface area (Å²) in [7, 11) is 0. The second-order valence-corrected chi connectivity index (χ2v) is 1.87. The lowest BCUT2D eigenvalue weighted by molar-refractivity contribution is -0.136. The first-order valence-corrected chi connectivity index (χ1v) is 3.32. The number of hydrogen-bond acceptors (Lipinski definition) is 1. The molecule has 0 aliphatic heterocycles. The zero-order chi connectivity index (χ0) is 6.41. The standard InChI is InChI=1S/C5H7BrO2.ClH/c6-4-2-1-3-5(7)8;/h1-2H,3-4H2,(H,7,8);1H/b2-1+;. The molecule has 0 unspecified atom stereocenters. The molecule has 9 heavy (non-hydrogen) atoms. The fraction of sp³-hybridized carbons (Fsp3) is 0.400. The molecule has 4 heteroatoms. The lowest BCUT2D eigenvalue weighted by atomic mass is 10.4. The molecular weight excluding hydrogens is 207 g/mol. The molecule has 0 bridgehead atoms. The van der Waals surface area contributed by atoms with E-state index in [0.29, 0.717) is 0 Å². The molecule has 0 aromatic rings. The number of rotatable bonds is 3. The maximum atomic E-state index is 9.81. The van der Waals surface area contributed by atoms with Gasteiger partial charge in [-0.15, -0.1) is 12.4 Å². The predicted molar refractivity (Wildman–Crippen MR) is 42.4 cm³/mol. The third-order valence-corrected chi connectivity index (χ3v) is 0.922. The van der Waals surface area contributed by atoms with Gasteiger partial charge in [0.25, 0.3) is 0 Å². The van der Waals surface area contributed by atoms with Crippen LogP contribution in [-0.2, 0) is 4.79 Å². The van der Waals surface area contributed by atoms with Crippen LogP contribution >= 0.6 is 28.3 Å². The zero-order valence-corrected chi connectivity index (χ0v) is 7.11.